The molecule has 1 atom stereocenters. The van der Waals surface area contributed by atoms with Gasteiger partial charge < -0.3 is 14.8 Å². The lowest BCUT2D eigenvalue weighted by atomic mass is 9.80. The van der Waals surface area contributed by atoms with Gasteiger partial charge in [-0.05, 0) is 19.8 Å². The van der Waals surface area contributed by atoms with Gasteiger partial charge in [-0.1, -0.05) is 0 Å². The molecule has 1 aliphatic heterocycles. The summed E-state index contributed by atoms with van der Waals surface area (Å²) in [5, 5.41) is 11.8. The van der Waals surface area contributed by atoms with Crippen molar-refractivity contribution in [2.24, 2.45) is 5.41 Å². The molecule has 1 N–H and O–H groups in total. The van der Waals surface area contributed by atoms with E-state index in [0.717, 1.165) is 0 Å². The molecule has 0 radical (unpaired) electrons. The first-order valence-corrected chi connectivity index (χ1v) is 5.91. The van der Waals surface area contributed by atoms with Crippen LogP contribution in [0, 0.1) is 16.7 Å². The van der Waals surface area contributed by atoms with Gasteiger partial charge in [0.15, 0.2) is 0 Å². The highest BCUT2D eigenvalue weighted by Crippen LogP contribution is 2.31. The summed E-state index contributed by atoms with van der Waals surface area (Å²) in [4.78, 5) is 11.9. The minimum Gasteiger partial charge on any atom is -0.469 e. The first kappa shape index (κ1) is 13.9. The molecule has 0 aliphatic carbocycles. The monoisotopic (exact) mass is 240 g/mol. The van der Waals surface area contributed by atoms with Crippen molar-refractivity contribution in [3.05, 3.63) is 0 Å². The molecule has 1 saturated heterocycles. The third kappa shape index (κ3) is 3.69. The molecule has 1 heterocycles. The van der Waals surface area contributed by atoms with E-state index in [2.05, 4.69) is 11.4 Å². The summed E-state index contributed by atoms with van der Waals surface area (Å²) in [5.41, 5.74) is -0.489. The van der Waals surface area contributed by atoms with E-state index in [4.69, 9.17) is 14.7 Å². The Bertz CT molecular complexity index is 293. The van der Waals surface area contributed by atoms with Crippen molar-refractivity contribution in [3.8, 4) is 6.07 Å². The SMILES string of the molecule is COC(=O)C1(CN[C@@H](C)CC#N)CCOCC1. The van der Waals surface area contributed by atoms with Gasteiger partial charge in [-0.15, -0.1) is 0 Å². The Balaban J connectivity index is 2.58. The first-order chi connectivity index (χ1) is 8.14. The van der Waals surface area contributed by atoms with E-state index in [0.29, 0.717) is 39.0 Å². The average Bonchev–Trinajstić information content (AvgIpc) is 2.37. The van der Waals surface area contributed by atoms with Gasteiger partial charge >= 0.3 is 5.97 Å². The van der Waals surface area contributed by atoms with Crippen molar-refractivity contribution < 1.29 is 14.3 Å². The fraction of sp³-hybridized carbons (Fsp3) is 0.833. The Morgan fingerprint density at radius 2 is 2.24 bits per heavy atom. The number of nitrogens with zero attached hydrogens (tertiary/aromatic N) is 1. The molecule has 0 bridgehead atoms. The summed E-state index contributed by atoms with van der Waals surface area (Å²) in [6.45, 7) is 3.66. The summed E-state index contributed by atoms with van der Waals surface area (Å²) < 4.78 is 10.2. The second kappa shape index (κ2) is 6.58. The fourth-order valence-electron chi connectivity index (χ4n) is 2.01. The van der Waals surface area contributed by atoms with Gasteiger partial charge in [-0.2, -0.15) is 5.26 Å². The number of rotatable bonds is 5. The standard InChI is InChI=1S/C12H20N2O3/c1-10(3-6-13)14-9-12(11(15)16-2)4-7-17-8-5-12/h10,14H,3-5,7-9H2,1-2H3/t10-/m0/s1. The summed E-state index contributed by atoms with van der Waals surface area (Å²) in [7, 11) is 1.41. The molecule has 0 amide bonds. The molecule has 0 aromatic carbocycles. The topological polar surface area (TPSA) is 71.3 Å². The molecule has 0 aromatic rings. The van der Waals surface area contributed by atoms with E-state index in [9.17, 15) is 4.79 Å². The predicted molar refractivity (Wildman–Crippen MR) is 62.2 cm³/mol. The molecule has 96 valence electrons. The molecule has 5 heteroatoms. The van der Waals surface area contributed by atoms with E-state index < -0.39 is 5.41 Å². The molecule has 17 heavy (non-hydrogen) atoms. The number of carbonyl (C=O) groups excluding carboxylic acids is 1. The molecular formula is C12H20N2O3. The lowest BCUT2D eigenvalue weighted by Gasteiger charge is -2.35. The summed E-state index contributed by atoms with van der Waals surface area (Å²) in [6, 6.07) is 2.19. The van der Waals surface area contributed by atoms with Gasteiger partial charge in [0.25, 0.3) is 0 Å². The maximum absolute atomic E-state index is 11.9. The second-order valence-corrected chi connectivity index (χ2v) is 4.53. The molecule has 0 saturated carbocycles. The normalized spacial score (nSPS) is 20.3. The summed E-state index contributed by atoms with van der Waals surface area (Å²) in [5.74, 6) is -0.183. The Hall–Kier alpha value is -1.12. The van der Waals surface area contributed by atoms with Gasteiger partial charge in [0.1, 0.15) is 0 Å². The second-order valence-electron chi connectivity index (χ2n) is 4.53. The predicted octanol–water partition coefficient (Wildman–Crippen LogP) is 0.848. The molecule has 0 aromatic heterocycles. The smallest absolute Gasteiger partial charge is 0.313 e. The Labute approximate surface area is 102 Å². The summed E-state index contributed by atoms with van der Waals surface area (Å²) >= 11 is 0. The van der Waals surface area contributed by atoms with Crippen LogP contribution in [0.2, 0.25) is 0 Å². The maximum atomic E-state index is 11.9. The van der Waals surface area contributed by atoms with Crippen LogP contribution in [-0.2, 0) is 14.3 Å². The van der Waals surface area contributed by atoms with Gasteiger partial charge in [-0.3, -0.25) is 4.79 Å². The highest BCUT2D eigenvalue weighted by molar-refractivity contribution is 5.77. The molecular weight excluding hydrogens is 220 g/mol. The van der Waals surface area contributed by atoms with Crippen LogP contribution in [-0.4, -0.2) is 38.9 Å². The van der Waals surface area contributed by atoms with Crippen LogP contribution >= 0.6 is 0 Å². The minimum atomic E-state index is -0.489. The van der Waals surface area contributed by atoms with E-state index in [1.807, 2.05) is 6.92 Å². The van der Waals surface area contributed by atoms with Crippen LogP contribution in [0.5, 0.6) is 0 Å². The van der Waals surface area contributed by atoms with E-state index >= 15 is 0 Å². The molecule has 1 rings (SSSR count). The largest absolute Gasteiger partial charge is 0.469 e. The van der Waals surface area contributed by atoms with Crippen molar-refractivity contribution in [1.82, 2.24) is 5.32 Å². The van der Waals surface area contributed by atoms with Crippen LogP contribution in [0.1, 0.15) is 26.2 Å². The molecule has 1 aliphatic rings. The van der Waals surface area contributed by atoms with Crippen LogP contribution < -0.4 is 5.32 Å². The number of methoxy groups -OCH3 is 1. The Morgan fingerprint density at radius 3 is 2.76 bits per heavy atom. The van der Waals surface area contributed by atoms with E-state index in [1.54, 1.807) is 0 Å². The Morgan fingerprint density at radius 1 is 1.59 bits per heavy atom. The van der Waals surface area contributed by atoms with Crippen LogP contribution in [0.4, 0.5) is 0 Å². The van der Waals surface area contributed by atoms with Gasteiger partial charge in [-0.25, -0.2) is 0 Å². The van der Waals surface area contributed by atoms with Crippen molar-refractivity contribution in [2.75, 3.05) is 26.9 Å². The van der Waals surface area contributed by atoms with Gasteiger partial charge in [0.05, 0.1) is 25.0 Å². The average molecular weight is 240 g/mol. The van der Waals surface area contributed by atoms with Gasteiger partial charge in [0.2, 0.25) is 0 Å². The molecule has 0 spiro atoms. The minimum absolute atomic E-state index is 0.0874. The number of esters is 1. The van der Waals surface area contributed by atoms with Crippen molar-refractivity contribution in [2.45, 2.75) is 32.2 Å². The maximum Gasteiger partial charge on any atom is 0.313 e. The fourth-order valence-corrected chi connectivity index (χ4v) is 2.01. The van der Waals surface area contributed by atoms with Crippen molar-refractivity contribution in [3.63, 3.8) is 0 Å². The quantitative estimate of drug-likeness (QED) is 0.721. The van der Waals surface area contributed by atoms with Crippen molar-refractivity contribution in [1.29, 1.82) is 5.26 Å². The molecule has 5 nitrogen and oxygen atoms in total. The lowest BCUT2D eigenvalue weighted by molar-refractivity contribution is -0.158. The number of ether oxygens (including phenoxy) is 2. The third-order valence-electron chi connectivity index (χ3n) is 3.25. The molecule has 0 unspecified atom stereocenters. The van der Waals surface area contributed by atoms with Crippen LogP contribution in [0.3, 0.4) is 0 Å². The number of nitrogens with one attached hydrogen (secondary N) is 1. The lowest BCUT2D eigenvalue weighted by Crippen LogP contribution is -2.47. The van der Waals surface area contributed by atoms with Crippen LogP contribution in [0.25, 0.3) is 0 Å². The number of hydrogen-bond donors (Lipinski definition) is 1. The first-order valence-electron chi connectivity index (χ1n) is 5.91. The summed E-state index contributed by atoms with van der Waals surface area (Å²) in [6.07, 6.45) is 1.78. The van der Waals surface area contributed by atoms with E-state index in [-0.39, 0.29) is 12.0 Å². The number of nitriles is 1. The Kier molecular flexibility index (Phi) is 5.39. The van der Waals surface area contributed by atoms with Gasteiger partial charge in [0, 0.05) is 25.8 Å². The zero-order chi connectivity index (χ0) is 12.7. The number of carbonyl (C=O) groups is 1. The highest BCUT2D eigenvalue weighted by Gasteiger charge is 2.41. The van der Waals surface area contributed by atoms with E-state index in [1.165, 1.54) is 7.11 Å². The zero-order valence-electron chi connectivity index (χ0n) is 10.5. The van der Waals surface area contributed by atoms with Crippen LogP contribution in [0.15, 0.2) is 0 Å². The molecule has 1 fully saturated rings. The highest BCUT2D eigenvalue weighted by atomic mass is 16.5. The third-order valence-corrected chi connectivity index (χ3v) is 3.25. The zero-order valence-corrected chi connectivity index (χ0v) is 10.5. The van der Waals surface area contributed by atoms with Crippen molar-refractivity contribution >= 4 is 5.97 Å². The number of hydrogen-bond acceptors (Lipinski definition) is 5.